The van der Waals surface area contributed by atoms with Crippen LogP contribution in [0.15, 0.2) is 24.3 Å². The van der Waals surface area contributed by atoms with E-state index in [0.29, 0.717) is 5.56 Å². The van der Waals surface area contributed by atoms with Gasteiger partial charge in [0.05, 0.1) is 5.56 Å². The van der Waals surface area contributed by atoms with E-state index in [1.807, 2.05) is 19.1 Å². The maximum atomic E-state index is 11.0. The highest BCUT2D eigenvalue weighted by Crippen LogP contribution is 2.09. The normalized spacial score (nSPS) is 8.50. The van der Waals surface area contributed by atoms with Crippen molar-refractivity contribution >= 4 is 22.2 Å². The molecule has 0 atom stereocenters. The van der Waals surface area contributed by atoms with Crippen molar-refractivity contribution in [2.75, 3.05) is 0 Å². The predicted molar refractivity (Wildman–Crippen MR) is 52.3 cm³/mol. The summed E-state index contributed by atoms with van der Waals surface area (Å²) in [4.78, 5) is 11.0. The lowest BCUT2D eigenvalue weighted by molar-refractivity contribution is 0.0781. The molecule has 0 aromatic heterocycles. The van der Waals surface area contributed by atoms with Crippen LogP contribution in [0.4, 0.5) is 0 Å². The smallest absolute Gasteiger partial charge is 0.349 e. The molecule has 66 valence electrons. The fraction of sp³-hybridized carbons (Fsp3) is 0.222. The van der Waals surface area contributed by atoms with Crippen molar-refractivity contribution < 1.29 is 8.62 Å². The van der Waals surface area contributed by atoms with Gasteiger partial charge in [-0.15, -0.1) is 0 Å². The lowest BCUT2D eigenvalue weighted by Gasteiger charge is -1.99. The van der Waals surface area contributed by atoms with Gasteiger partial charge >= 0.3 is 5.97 Å². The molecule has 0 fully saturated rings. The third-order valence-electron chi connectivity index (χ3n) is 1.44. The number of rotatable bonds is 1. The molecule has 0 bridgehead atoms. The number of halogens is 1. The average molecular weight is 231 g/mol. The molecule has 2 nitrogen and oxygen atoms in total. The summed E-state index contributed by atoms with van der Waals surface area (Å²) in [5.41, 5.74) is 1.50. The van der Waals surface area contributed by atoms with Crippen molar-refractivity contribution in [1.29, 1.82) is 0 Å². The van der Waals surface area contributed by atoms with Crippen LogP contribution in [-0.2, 0) is 3.83 Å². The molecule has 0 unspecified atom stereocenters. The van der Waals surface area contributed by atoms with Gasteiger partial charge in [-0.3, -0.25) is 0 Å². The van der Waals surface area contributed by atoms with Crippen molar-refractivity contribution in [3.05, 3.63) is 35.4 Å². The molecule has 0 radical (unpaired) electrons. The first-order chi connectivity index (χ1) is 5.25. The van der Waals surface area contributed by atoms with Gasteiger partial charge in [0.15, 0.2) is 16.3 Å². The minimum absolute atomic E-state index is 0. The molecule has 0 N–H and O–H groups in total. The Morgan fingerprint density at radius 1 is 1.42 bits per heavy atom. The number of hydrogen-bond donors (Lipinski definition) is 0. The summed E-state index contributed by atoms with van der Waals surface area (Å²) < 4.78 is 4.39. The third kappa shape index (κ3) is 2.34. The lowest BCUT2D eigenvalue weighted by atomic mass is 10.1. The van der Waals surface area contributed by atoms with E-state index in [4.69, 9.17) is 0 Å². The van der Waals surface area contributed by atoms with E-state index in [1.54, 1.807) is 12.1 Å². The zero-order chi connectivity index (χ0) is 8.27. The van der Waals surface area contributed by atoms with Crippen LogP contribution in [0.1, 0.15) is 23.3 Å². The van der Waals surface area contributed by atoms with E-state index in [9.17, 15) is 4.79 Å². The van der Waals surface area contributed by atoms with Gasteiger partial charge in [0.2, 0.25) is 0 Å². The second-order valence-electron chi connectivity index (χ2n) is 2.18. The number of hydrogen-bond acceptors (Lipinski definition) is 2. The summed E-state index contributed by atoms with van der Waals surface area (Å²) >= 11 is 2.64. The Hall–Kier alpha value is -0.830. The second kappa shape index (κ2) is 4.93. The molecular formula is C9H11BrO2. The zero-order valence-electron chi connectivity index (χ0n) is 6.00. The highest BCUT2D eigenvalue weighted by Gasteiger charge is 2.07. The second-order valence-corrected chi connectivity index (χ2v) is 2.50. The van der Waals surface area contributed by atoms with Crippen LogP contribution in [-0.4, -0.2) is 5.97 Å². The molecular weight excluding hydrogens is 220 g/mol. The topological polar surface area (TPSA) is 26.3 Å². The molecule has 3 heteroatoms. The van der Waals surface area contributed by atoms with Crippen molar-refractivity contribution in [2.45, 2.75) is 14.4 Å². The van der Waals surface area contributed by atoms with E-state index in [0.717, 1.165) is 5.56 Å². The first kappa shape index (κ1) is 11.2. The van der Waals surface area contributed by atoms with E-state index < -0.39 is 0 Å². The van der Waals surface area contributed by atoms with Crippen LogP contribution in [0, 0.1) is 6.92 Å². The molecule has 0 spiro atoms. The Labute approximate surface area is 81.0 Å². The molecule has 0 aliphatic rings. The standard InChI is InChI=1S/C8H7BrO2.CH4/c1-6-4-2-3-5-7(6)8(10)11-9;/h2-5H,1H3;1H4. The first-order valence-corrected chi connectivity index (χ1v) is 3.79. The Morgan fingerprint density at radius 3 is 2.50 bits per heavy atom. The summed E-state index contributed by atoms with van der Waals surface area (Å²) in [7, 11) is 0. The maximum absolute atomic E-state index is 11.0. The number of carbonyl (C=O) groups is 1. The molecule has 1 aromatic carbocycles. The summed E-state index contributed by atoms with van der Waals surface area (Å²) in [6.07, 6.45) is 0. The van der Waals surface area contributed by atoms with E-state index in [2.05, 4.69) is 20.1 Å². The monoisotopic (exact) mass is 230 g/mol. The number of carbonyl (C=O) groups excluding carboxylic acids is 1. The molecule has 0 saturated carbocycles. The van der Waals surface area contributed by atoms with Gasteiger partial charge < -0.3 is 3.83 Å². The third-order valence-corrected chi connectivity index (χ3v) is 1.73. The van der Waals surface area contributed by atoms with Gasteiger partial charge in [-0.2, -0.15) is 0 Å². The average Bonchev–Trinajstić information content (AvgIpc) is 2.04. The SMILES string of the molecule is C.Cc1ccccc1C(=O)OBr. The van der Waals surface area contributed by atoms with Gasteiger partial charge in [-0.1, -0.05) is 25.6 Å². The fourth-order valence-electron chi connectivity index (χ4n) is 0.843. The fourth-order valence-corrected chi connectivity index (χ4v) is 1.02. The molecule has 0 heterocycles. The van der Waals surface area contributed by atoms with E-state index in [1.165, 1.54) is 0 Å². The van der Waals surface area contributed by atoms with Crippen LogP contribution < -0.4 is 0 Å². The van der Waals surface area contributed by atoms with Gasteiger partial charge in [-0.25, -0.2) is 4.79 Å². The Bertz CT molecular complexity index is 271. The molecule has 0 saturated heterocycles. The van der Waals surface area contributed by atoms with Crippen molar-refractivity contribution in [3.63, 3.8) is 0 Å². The van der Waals surface area contributed by atoms with Crippen LogP contribution >= 0.6 is 16.3 Å². The van der Waals surface area contributed by atoms with E-state index >= 15 is 0 Å². The van der Waals surface area contributed by atoms with Crippen LogP contribution in [0.3, 0.4) is 0 Å². The van der Waals surface area contributed by atoms with Crippen LogP contribution in [0.25, 0.3) is 0 Å². The molecule has 1 rings (SSSR count). The summed E-state index contributed by atoms with van der Waals surface area (Å²) in [6.45, 7) is 1.86. The molecule has 0 aliphatic heterocycles. The lowest BCUT2D eigenvalue weighted by Crippen LogP contribution is -1.99. The molecule has 1 aromatic rings. The highest BCUT2D eigenvalue weighted by atomic mass is 79.9. The Kier molecular flexibility index (Phi) is 4.59. The minimum Gasteiger partial charge on any atom is -0.380 e. The van der Waals surface area contributed by atoms with Crippen LogP contribution in [0.5, 0.6) is 0 Å². The minimum atomic E-state index is -0.358. The zero-order valence-corrected chi connectivity index (χ0v) is 7.59. The number of benzene rings is 1. The highest BCUT2D eigenvalue weighted by molar-refractivity contribution is 9.06. The van der Waals surface area contributed by atoms with E-state index in [-0.39, 0.29) is 13.4 Å². The molecule has 12 heavy (non-hydrogen) atoms. The van der Waals surface area contributed by atoms with Gasteiger partial charge in [0, 0.05) is 0 Å². The Morgan fingerprint density at radius 2 is 2.00 bits per heavy atom. The molecule has 0 aliphatic carbocycles. The largest absolute Gasteiger partial charge is 0.380 e. The quantitative estimate of drug-likeness (QED) is 0.742. The van der Waals surface area contributed by atoms with Gasteiger partial charge in [0.1, 0.15) is 0 Å². The van der Waals surface area contributed by atoms with Crippen LogP contribution in [0.2, 0.25) is 0 Å². The van der Waals surface area contributed by atoms with Crippen molar-refractivity contribution in [3.8, 4) is 0 Å². The summed E-state index contributed by atoms with van der Waals surface area (Å²) in [5.74, 6) is -0.358. The van der Waals surface area contributed by atoms with Gasteiger partial charge in [0.25, 0.3) is 0 Å². The summed E-state index contributed by atoms with van der Waals surface area (Å²) in [5, 5.41) is 0. The maximum Gasteiger partial charge on any atom is 0.349 e. The number of aryl methyl sites for hydroxylation is 1. The first-order valence-electron chi connectivity index (χ1n) is 3.14. The molecule has 0 amide bonds. The Balaban J connectivity index is 0.00000121. The summed E-state index contributed by atoms with van der Waals surface area (Å²) in [6, 6.07) is 7.25. The van der Waals surface area contributed by atoms with Gasteiger partial charge in [-0.05, 0) is 18.6 Å². The van der Waals surface area contributed by atoms with Crippen molar-refractivity contribution in [2.24, 2.45) is 0 Å². The van der Waals surface area contributed by atoms with Crippen molar-refractivity contribution in [1.82, 2.24) is 0 Å². The predicted octanol–water partition coefficient (Wildman–Crippen LogP) is 3.10.